The predicted molar refractivity (Wildman–Crippen MR) is 354 cm³/mol. The number of nitrogens with zero attached hydrogens (tertiary/aromatic N) is 1. The fraction of sp³-hybridized carbons (Fsp3) is 0.944. The van der Waals surface area contributed by atoms with Gasteiger partial charge in [-0.05, 0) is 31.8 Å². The highest BCUT2D eigenvalue weighted by atomic mass is 31.2. The molecule has 82 heavy (non-hydrogen) atoms. The van der Waals surface area contributed by atoms with Crippen molar-refractivity contribution >= 4 is 19.7 Å². The Morgan fingerprint density at radius 2 is 0.695 bits per heavy atom. The van der Waals surface area contributed by atoms with Crippen molar-refractivity contribution in [3.05, 3.63) is 12.2 Å². The van der Waals surface area contributed by atoms with Crippen molar-refractivity contribution in [1.82, 2.24) is 5.32 Å². The summed E-state index contributed by atoms with van der Waals surface area (Å²) in [4.78, 5) is 40.2. The number of carbonyl (C=O) groups is 2. The van der Waals surface area contributed by atoms with Gasteiger partial charge in [-0.25, -0.2) is 0 Å². The molecule has 0 aliphatic carbocycles. The first-order valence-corrected chi connectivity index (χ1v) is 38.0. The van der Waals surface area contributed by atoms with Gasteiger partial charge in [0.1, 0.15) is 19.3 Å². The molecule has 3 unspecified atom stereocenters. The van der Waals surface area contributed by atoms with Crippen LogP contribution in [0.5, 0.6) is 0 Å². The van der Waals surface area contributed by atoms with E-state index in [1.165, 1.54) is 295 Å². The lowest BCUT2D eigenvalue weighted by atomic mass is 10.0. The summed E-state index contributed by atoms with van der Waals surface area (Å²) in [6.07, 6.45) is 74.9. The second-order valence-electron chi connectivity index (χ2n) is 26.5. The van der Waals surface area contributed by atoms with Crippen LogP contribution in [0.25, 0.3) is 0 Å². The van der Waals surface area contributed by atoms with Crippen molar-refractivity contribution in [2.45, 2.75) is 399 Å². The molecule has 0 aliphatic heterocycles. The Balaban J connectivity index is 4.93. The number of likely N-dealkylation sites (N-methyl/N-ethyl adjacent to an activating group) is 1. The molecule has 0 bridgehead atoms. The van der Waals surface area contributed by atoms with Gasteiger partial charge in [-0.1, -0.05) is 354 Å². The van der Waals surface area contributed by atoms with Crippen molar-refractivity contribution in [2.24, 2.45) is 0 Å². The van der Waals surface area contributed by atoms with Crippen molar-refractivity contribution in [3.63, 3.8) is 0 Å². The lowest BCUT2D eigenvalue weighted by Gasteiger charge is -2.30. The Morgan fingerprint density at radius 1 is 0.415 bits per heavy atom. The molecule has 0 heterocycles. The number of nitrogens with one attached hydrogen (secondary N) is 1. The van der Waals surface area contributed by atoms with E-state index in [2.05, 4.69) is 26.1 Å². The van der Waals surface area contributed by atoms with Gasteiger partial charge >= 0.3 is 5.97 Å². The zero-order valence-electron chi connectivity index (χ0n) is 56.0. The Hall–Kier alpha value is -1.25. The van der Waals surface area contributed by atoms with Crippen LogP contribution in [0.4, 0.5) is 0 Å². The summed E-state index contributed by atoms with van der Waals surface area (Å²) >= 11 is 0. The summed E-state index contributed by atoms with van der Waals surface area (Å²) in [6.45, 7) is 6.92. The average Bonchev–Trinajstić information content (AvgIpc) is 3.44. The molecule has 0 fully saturated rings. The number of rotatable bonds is 68. The molecule has 1 amide bonds. The van der Waals surface area contributed by atoms with Crippen molar-refractivity contribution < 1.29 is 37.3 Å². The first kappa shape index (κ1) is 80.8. The second-order valence-corrected chi connectivity index (χ2v) is 27.9. The highest BCUT2D eigenvalue weighted by molar-refractivity contribution is 7.45. The summed E-state index contributed by atoms with van der Waals surface area (Å²) in [5, 5.41) is 3.05. The summed E-state index contributed by atoms with van der Waals surface area (Å²) in [7, 11) is 1.21. The van der Waals surface area contributed by atoms with E-state index in [0.717, 1.165) is 57.8 Å². The minimum atomic E-state index is -4.70. The van der Waals surface area contributed by atoms with Crippen LogP contribution in [0.3, 0.4) is 0 Å². The molecular weight excluding hydrogens is 1040 g/mol. The van der Waals surface area contributed by atoms with Crippen LogP contribution in [0.15, 0.2) is 12.2 Å². The highest BCUT2D eigenvalue weighted by Crippen LogP contribution is 2.38. The predicted octanol–water partition coefficient (Wildman–Crippen LogP) is 22.4. The Kier molecular flexibility index (Phi) is 61.8. The van der Waals surface area contributed by atoms with Gasteiger partial charge in [0.25, 0.3) is 7.82 Å². The molecule has 10 heteroatoms. The molecular formula is C72H143N2O7P. The average molecular weight is 1180 g/mol. The maximum absolute atomic E-state index is 13.6. The monoisotopic (exact) mass is 1180 g/mol. The van der Waals surface area contributed by atoms with E-state index in [-0.39, 0.29) is 31.5 Å². The van der Waals surface area contributed by atoms with Gasteiger partial charge in [-0.3, -0.25) is 14.2 Å². The molecule has 0 aromatic rings. The second kappa shape index (κ2) is 62.8. The topological polar surface area (TPSA) is 114 Å². The third-order valence-electron chi connectivity index (χ3n) is 17.0. The van der Waals surface area contributed by atoms with Gasteiger partial charge < -0.3 is 28.5 Å². The minimum Gasteiger partial charge on any atom is -0.756 e. The number of amides is 1. The Morgan fingerprint density at radius 3 is 1.00 bits per heavy atom. The fourth-order valence-corrected chi connectivity index (χ4v) is 12.1. The Labute approximate surface area is 511 Å². The van der Waals surface area contributed by atoms with Crippen LogP contribution in [-0.4, -0.2) is 69.4 Å². The third-order valence-corrected chi connectivity index (χ3v) is 17.9. The van der Waals surface area contributed by atoms with Crippen LogP contribution in [0.2, 0.25) is 0 Å². The third kappa shape index (κ3) is 63.3. The van der Waals surface area contributed by atoms with Gasteiger partial charge in [-0.15, -0.1) is 0 Å². The minimum absolute atomic E-state index is 0.0164. The number of hydrogen-bond donors (Lipinski definition) is 1. The summed E-state index contributed by atoms with van der Waals surface area (Å²) in [5.41, 5.74) is 0. The van der Waals surface area contributed by atoms with Crippen LogP contribution >= 0.6 is 7.82 Å². The van der Waals surface area contributed by atoms with Gasteiger partial charge in [0.2, 0.25) is 5.91 Å². The molecule has 0 aliphatic rings. The van der Waals surface area contributed by atoms with E-state index >= 15 is 0 Å². The van der Waals surface area contributed by atoms with Crippen LogP contribution in [-0.2, 0) is 27.9 Å². The first-order valence-electron chi connectivity index (χ1n) is 36.5. The van der Waals surface area contributed by atoms with Crippen molar-refractivity contribution in [1.29, 1.82) is 0 Å². The maximum Gasteiger partial charge on any atom is 0.306 e. The number of esters is 1. The van der Waals surface area contributed by atoms with Crippen LogP contribution < -0.4 is 10.2 Å². The SMILES string of the molecule is CCCCCCCCCCCC/C=C\C(OC(=O)CCCCCCCCCCCCCCCCCCC)C(COP(=O)([O-])OCC[N+](C)(C)C)NC(=O)CCCCCCCCCCCCCCCCCCCCCCCCCCCCC. The van der Waals surface area contributed by atoms with Gasteiger partial charge in [-0.2, -0.15) is 0 Å². The lowest BCUT2D eigenvalue weighted by molar-refractivity contribution is -0.870. The zero-order valence-corrected chi connectivity index (χ0v) is 56.9. The summed E-state index contributed by atoms with van der Waals surface area (Å²) in [5.74, 6) is -0.513. The van der Waals surface area contributed by atoms with Crippen LogP contribution in [0, 0.1) is 0 Å². The van der Waals surface area contributed by atoms with E-state index in [1.54, 1.807) is 0 Å². The number of phosphoric acid groups is 1. The fourth-order valence-electron chi connectivity index (χ4n) is 11.4. The molecule has 3 atom stereocenters. The largest absolute Gasteiger partial charge is 0.756 e. The van der Waals surface area contributed by atoms with E-state index in [9.17, 15) is 19.0 Å². The molecule has 0 radical (unpaired) electrons. The van der Waals surface area contributed by atoms with Crippen molar-refractivity contribution in [3.8, 4) is 0 Å². The summed E-state index contributed by atoms with van der Waals surface area (Å²) in [6, 6.07) is -0.880. The van der Waals surface area contributed by atoms with E-state index in [4.69, 9.17) is 13.8 Å². The summed E-state index contributed by atoms with van der Waals surface area (Å²) < 4.78 is 30.5. The number of carbonyl (C=O) groups excluding carboxylic acids is 2. The van der Waals surface area contributed by atoms with Gasteiger partial charge in [0.15, 0.2) is 0 Å². The number of ether oxygens (including phenoxy) is 1. The molecule has 0 aromatic carbocycles. The van der Waals surface area contributed by atoms with Crippen LogP contribution in [0.1, 0.15) is 387 Å². The van der Waals surface area contributed by atoms with Gasteiger partial charge in [0.05, 0.1) is 33.8 Å². The maximum atomic E-state index is 13.6. The molecule has 0 aromatic heterocycles. The molecule has 1 N–H and O–H groups in total. The highest BCUT2D eigenvalue weighted by Gasteiger charge is 2.27. The van der Waals surface area contributed by atoms with Crippen molar-refractivity contribution in [2.75, 3.05) is 40.9 Å². The molecule has 0 saturated heterocycles. The van der Waals surface area contributed by atoms with Gasteiger partial charge in [0, 0.05) is 12.8 Å². The normalized spacial score (nSPS) is 13.5. The lowest BCUT2D eigenvalue weighted by Crippen LogP contribution is -2.47. The Bertz CT molecular complexity index is 1410. The molecule has 488 valence electrons. The quantitative estimate of drug-likeness (QED) is 0.0212. The van der Waals surface area contributed by atoms with E-state index in [1.807, 2.05) is 33.3 Å². The number of allylic oxidation sites excluding steroid dienone is 1. The smallest absolute Gasteiger partial charge is 0.306 e. The molecule has 9 nitrogen and oxygen atoms in total. The zero-order chi connectivity index (χ0) is 60.0. The number of unbranched alkanes of at least 4 members (excludes halogenated alkanes) is 52. The molecule has 0 spiro atoms. The first-order chi connectivity index (χ1) is 39.9. The van der Waals surface area contributed by atoms with E-state index < -0.39 is 20.0 Å². The number of phosphoric ester groups is 1. The van der Waals surface area contributed by atoms with E-state index in [0.29, 0.717) is 17.4 Å². The number of hydrogen-bond acceptors (Lipinski definition) is 7. The molecule has 0 rings (SSSR count). The standard InChI is InChI=1S/C72H143N2O7P/c1-7-10-13-16-19-22-25-28-30-32-33-34-35-36-37-38-39-40-41-43-44-46-49-52-55-58-61-64-71(75)73-69(68-80-82(77,78)79-67-66-74(4,5)6)70(63-60-57-54-51-48-27-24-21-18-15-12-9-3)81-72(76)65-62-59-56-53-50-47-45-42-31-29-26-23-20-17-14-11-8-2/h60,63,69-70H,7-59,61-62,64-68H2,1-6H3,(H-,73,75,77,78)/b63-60-. The number of quaternary nitrogens is 1. The molecule has 0 saturated carbocycles.